The summed E-state index contributed by atoms with van der Waals surface area (Å²) in [5.74, 6) is 1.30. The molecule has 8 heteroatoms. The first-order valence-electron chi connectivity index (χ1n) is 4.35. The maximum absolute atomic E-state index is 10.5. The van der Waals surface area contributed by atoms with Crippen LogP contribution < -0.4 is 0 Å². The molecule has 0 aliphatic heterocycles. The van der Waals surface area contributed by atoms with Crippen LogP contribution in [0.3, 0.4) is 0 Å². The minimum absolute atomic E-state index is 0.139. The van der Waals surface area contributed by atoms with Gasteiger partial charge in [-0.3, -0.25) is 8.74 Å². The molecule has 0 atom stereocenters. The van der Waals surface area contributed by atoms with Crippen molar-refractivity contribution < 1.29 is 25.6 Å². The highest BCUT2D eigenvalue weighted by Gasteiger charge is 2.05. The largest absolute Gasteiger partial charge is 0.285 e. The van der Waals surface area contributed by atoms with Crippen molar-refractivity contribution in [1.29, 1.82) is 0 Å². The van der Waals surface area contributed by atoms with Gasteiger partial charge in [-0.1, -0.05) is 19.3 Å². The summed E-state index contributed by atoms with van der Waals surface area (Å²) < 4.78 is 52.4. The summed E-state index contributed by atoms with van der Waals surface area (Å²) in [6, 6.07) is 0. The molecule has 0 aromatic carbocycles. The molecule has 0 heterocycles. The molecular formula is C8H16O6S2. The standard InChI is InChI=1S/C5H12O3S.C3H4O3S/c1-3-4-5-9(6,7)8-2;1-2-3-7(4,5)6/h3-5H2,1-2H3;1H,3H2,(H,4,5,6). The Morgan fingerprint density at radius 3 is 2.00 bits per heavy atom. The van der Waals surface area contributed by atoms with Gasteiger partial charge in [0.15, 0.2) is 0 Å². The first-order chi connectivity index (χ1) is 7.18. The minimum atomic E-state index is -3.91. The Morgan fingerprint density at radius 2 is 1.81 bits per heavy atom. The predicted octanol–water partition coefficient (Wildman–Crippen LogP) is 0.270. The third-order valence-electron chi connectivity index (χ3n) is 1.27. The van der Waals surface area contributed by atoms with E-state index in [9.17, 15) is 16.8 Å². The molecule has 0 bridgehead atoms. The summed E-state index contributed by atoms with van der Waals surface area (Å²) in [6.07, 6.45) is 6.08. The van der Waals surface area contributed by atoms with E-state index in [0.29, 0.717) is 6.42 Å². The maximum Gasteiger partial charge on any atom is 0.276 e. The van der Waals surface area contributed by atoms with Crippen LogP contribution in [0, 0.1) is 12.3 Å². The van der Waals surface area contributed by atoms with Gasteiger partial charge in [-0.15, -0.1) is 6.42 Å². The Bertz CT molecular complexity index is 400. The van der Waals surface area contributed by atoms with Gasteiger partial charge in [0, 0.05) is 0 Å². The van der Waals surface area contributed by atoms with E-state index >= 15 is 0 Å². The Kier molecular flexibility index (Phi) is 9.46. The van der Waals surface area contributed by atoms with Crippen LogP contribution in [0.1, 0.15) is 19.8 Å². The predicted molar refractivity (Wildman–Crippen MR) is 61.0 cm³/mol. The maximum atomic E-state index is 10.5. The Hall–Kier alpha value is -0.620. The van der Waals surface area contributed by atoms with Crippen molar-refractivity contribution in [3.8, 4) is 12.3 Å². The van der Waals surface area contributed by atoms with E-state index in [-0.39, 0.29) is 5.75 Å². The summed E-state index contributed by atoms with van der Waals surface area (Å²) in [6.45, 7) is 1.94. The van der Waals surface area contributed by atoms with Gasteiger partial charge >= 0.3 is 0 Å². The van der Waals surface area contributed by atoms with Gasteiger partial charge in [-0.2, -0.15) is 16.8 Å². The minimum Gasteiger partial charge on any atom is -0.285 e. The number of hydrogen-bond donors (Lipinski definition) is 1. The highest BCUT2D eigenvalue weighted by molar-refractivity contribution is 7.86. The van der Waals surface area contributed by atoms with E-state index in [1.54, 1.807) is 5.92 Å². The van der Waals surface area contributed by atoms with Crippen molar-refractivity contribution >= 4 is 20.2 Å². The highest BCUT2D eigenvalue weighted by Crippen LogP contribution is 1.95. The molecule has 1 N–H and O–H groups in total. The van der Waals surface area contributed by atoms with Crippen molar-refractivity contribution in [3.05, 3.63) is 0 Å². The van der Waals surface area contributed by atoms with E-state index in [4.69, 9.17) is 4.55 Å². The summed E-state index contributed by atoms with van der Waals surface area (Å²) in [5.41, 5.74) is 0. The van der Waals surface area contributed by atoms with Crippen LogP contribution in [0.25, 0.3) is 0 Å². The SMILES string of the molecule is C#CCS(=O)(=O)O.CCCCS(=O)(=O)OC. The fourth-order valence-corrected chi connectivity index (χ4v) is 1.53. The molecule has 0 aromatic rings. The monoisotopic (exact) mass is 272 g/mol. The van der Waals surface area contributed by atoms with E-state index < -0.39 is 26.0 Å². The average Bonchev–Trinajstić information content (AvgIpc) is 2.14. The molecule has 16 heavy (non-hydrogen) atoms. The molecule has 0 unspecified atom stereocenters. The summed E-state index contributed by atoms with van der Waals surface area (Å²) >= 11 is 0. The zero-order valence-corrected chi connectivity index (χ0v) is 10.8. The zero-order valence-electron chi connectivity index (χ0n) is 9.21. The van der Waals surface area contributed by atoms with Gasteiger partial charge in [0.1, 0.15) is 5.75 Å². The van der Waals surface area contributed by atoms with Crippen LogP contribution in [0.15, 0.2) is 0 Å². The van der Waals surface area contributed by atoms with E-state index in [0.717, 1.165) is 6.42 Å². The van der Waals surface area contributed by atoms with Crippen molar-refractivity contribution in [2.24, 2.45) is 0 Å². The molecule has 0 aliphatic carbocycles. The molecule has 0 aliphatic rings. The van der Waals surface area contributed by atoms with Crippen molar-refractivity contribution in [2.75, 3.05) is 18.6 Å². The van der Waals surface area contributed by atoms with Gasteiger partial charge < -0.3 is 0 Å². The second-order valence-electron chi connectivity index (χ2n) is 2.71. The summed E-state index contributed by atoms with van der Waals surface area (Å²) in [5, 5.41) is 0. The topological polar surface area (TPSA) is 97.7 Å². The van der Waals surface area contributed by atoms with Gasteiger partial charge in [-0.05, 0) is 6.42 Å². The van der Waals surface area contributed by atoms with Gasteiger partial charge in [-0.25, -0.2) is 0 Å². The third kappa shape index (κ3) is 15.8. The van der Waals surface area contributed by atoms with Crippen LogP contribution >= 0.6 is 0 Å². The number of hydrogen-bond acceptors (Lipinski definition) is 5. The van der Waals surface area contributed by atoms with Crippen molar-refractivity contribution in [3.63, 3.8) is 0 Å². The van der Waals surface area contributed by atoms with E-state index in [1.807, 2.05) is 6.92 Å². The normalized spacial score (nSPS) is 11.1. The molecule has 0 radical (unpaired) electrons. The summed E-state index contributed by atoms with van der Waals surface area (Å²) in [7, 11) is -5.91. The summed E-state index contributed by atoms with van der Waals surface area (Å²) in [4.78, 5) is 0. The molecule has 6 nitrogen and oxygen atoms in total. The first kappa shape index (κ1) is 17.8. The van der Waals surface area contributed by atoms with Gasteiger partial charge in [0.25, 0.3) is 20.2 Å². The smallest absolute Gasteiger partial charge is 0.276 e. The van der Waals surface area contributed by atoms with Crippen molar-refractivity contribution in [1.82, 2.24) is 0 Å². The van der Waals surface area contributed by atoms with E-state index in [2.05, 4.69) is 10.6 Å². The lowest BCUT2D eigenvalue weighted by Crippen LogP contribution is -2.06. The van der Waals surface area contributed by atoms with Crippen LogP contribution in [0.2, 0.25) is 0 Å². The lowest BCUT2D eigenvalue weighted by atomic mass is 10.4. The molecule has 0 amide bonds. The molecule has 0 fully saturated rings. The number of rotatable bonds is 5. The average molecular weight is 272 g/mol. The lowest BCUT2D eigenvalue weighted by Gasteiger charge is -1.96. The Balaban J connectivity index is 0. The van der Waals surface area contributed by atoms with Crippen LogP contribution in [-0.4, -0.2) is 40.0 Å². The fourth-order valence-electron chi connectivity index (χ4n) is 0.510. The lowest BCUT2D eigenvalue weighted by molar-refractivity contribution is 0.396. The number of terminal acetylenes is 1. The van der Waals surface area contributed by atoms with Crippen LogP contribution in [-0.2, 0) is 24.4 Å². The Morgan fingerprint density at radius 1 is 1.31 bits per heavy atom. The molecule has 0 aromatic heterocycles. The highest BCUT2D eigenvalue weighted by atomic mass is 32.2. The number of unbranched alkanes of at least 4 members (excludes halogenated alkanes) is 1. The molecule has 0 spiro atoms. The second kappa shape index (κ2) is 8.52. The van der Waals surface area contributed by atoms with E-state index in [1.165, 1.54) is 7.11 Å². The molecule has 96 valence electrons. The zero-order chi connectivity index (χ0) is 13.2. The molecule has 0 saturated heterocycles. The molecule has 0 rings (SSSR count). The second-order valence-corrected chi connectivity index (χ2v) is 6.02. The quantitative estimate of drug-likeness (QED) is 0.438. The Labute approximate surface area is 96.9 Å². The fraction of sp³-hybridized carbons (Fsp3) is 0.750. The first-order valence-corrected chi connectivity index (χ1v) is 7.54. The van der Waals surface area contributed by atoms with Gasteiger partial charge in [0.05, 0.1) is 12.9 Å². The molecular weight excluding hydrogens is 256 g/mol. The van der Waals surface area contributed by atoms with Gasteiger partial charge in [0.2, 0.25) is 0 Å². The van der Waals surface area contributed by atoms with Crippen LogP contribution in [0.4, 0.5) is 0 Å². The van der Waals surface area contributed by atoms with Crippen molar-refractivity contribution in [2.45, 2.75) is 19.8 Å². The third-order valence-corrected chi connectivity index (χ3v) is 3.10. The van der Waals surface area contributed by atoms with Crippen LogP contribution in [0.5, 0.6) is 0 Å². The molecule has 0 saturated carbocycles.